The van der Waals surface area contributed by atoms with Gasteiger partial charge in [0.05, 0.1) is 12.4 Å². The average molecular weight is 496 g/mol. The van der Waals surface area contributed by atoms with E-state index in [1.54, 1.807) is 14.2 Å². The van der Waals surface area contributed by atoms with Crippen LogP contribution >= 0.6 is 24.0 Å². The number of benzene rings is 1. The van der Waals surface area contributed by atoms with E-state index in [-0.39, 0.29) is 29.7 Å². The first kappa shape index (κ1) is 23.1. The van der Waals surface area contributed by atoms with Crippen LogP contribution < -0.4 is 10.0 Å². The van der Waals surface area contributed by atoms with Crippen molar-refractivity contribution in [1.29, 1.82) is 0 Å². The topological polar surface area (TPSA) is 83.0 Å². The fourth-order valence-corrected chi connectivity index (χ4v) is 3.79. The number of aliphatic imine (C=N–C) groups is 1. The van der Waals surface area contributed by atoms with Crippen LogP contribution in [0.15, 0.2) is 29.3 Å². The number of halogens is 1. The summed E-state index contributed by atoms with van der Waals surface area (Å²) in [6, 6.07) is 7.59. The van der Waals surface area contributed by atoms with Crippen LogP contribution in [0.4, 0.5) is 0 Å². The molecule has 1 aliphatic rings. The molecule has 0 bridgehead atoms. The van der Waals surface area contributed by atoms with Crippen LogP contribution in [0.25, 0.3) is 0 Å². The third kappa shape index (κ3) is 7.01. The van der Waals surface area contributed by atoms with Crippen LogP contribution in [0.5, 0.6) is 0 Å². The van der Waals surface area contributed by atoms with Crippen molar-refractivity contribution in [2.75, 3.05) is 40.9 Å². The molecule has 0 spiro atoms. The summed E-state index contributed by atoms with van der Waals surface area (Å²) in [6.07, 6.45) is 1.10. The molecule has 1 fully saturated rings. The summed E-state index contributed by atoms with van der Waals surface area (Å²) in [4.78, 5) is 6.59. The van der Waals surface area contributed by atoms with Crippen molar-refractivity contribution in [1.82, 2.24) is 14.9 Å². The van der Waals surface area contributed by atoms with E-state index in [1.165, 1.54) is 7.05 Å². The van der Waals surface area contributed by atoms with E-state index >= 15 is 0 Å². The Balaban J connectivity index is 0.00000338. The van der Waals surface area contributed by atoms with Crippen LogP contribution in [0.2, 0.25) is 0 Å². The van der Waals surface area contributed by atoms with Gasteiger partial charge in [-0.05, 0) is 24.6 Å². The van der Waals surface area contributed by atoms with Crippen LogP contribution in [-0.2, 0) is 27.1 Å². The van der Waals surface area contributed by atoms with Crippen LogP contribution in [0, 0.1) is 5.92 Å². The number of methoxy groups -OCH3 is 1. The van der Waals surface area contributed by atoms with E-state index in [9.17, 15) is 8.42 Å². The van der Waals surface area contributed by atoms with Gasteiger partial charge in [-0.3, -0.25) is 4.99 Å². The Hall–Kier alpha value is -0.910. The fraction of sp³-hybridized carbons (Fsp3) is 0.588. The van der Waals surface area contributed by atoms with Gasteiger partial charge in [0.15, 0.2) is 5.96 Å². The molecule has 0 aliphatic carbocycles. The van der Waals surface area contributed by atoms with Crippen molar-refractivity contribution < 1.29 is 13.2 Å². The third-order valence-corrected chi connectivity index (χ3v) is 5.64. The Morgan fingerprint density at radius 1 is 1.38 bits per heavy atom. The number of likely N-dealkylation sites (tertiary alicyclic amines) is 1. The molecule has 9 heteroatoms. The van der Waals surface area contributed by atoms with Gasteiger partial charge in [0.1, 0.15) is 0 Å². The highest BCUT2D eigenvalue weighted by atomic mass is 127. The van der Waals surface area contributed by atoms with Gasteiger partial charge in [-0.2, -0.15) is 0 Å². The molecule has 26 heavy (non-hydrogen) atoms. The lowest BCUT2D eigenvalue weighted by Gasteiger charge is -2.21. The number of nitrogens with one attached hydrogen (secondary N) is 2. The molecule has 1 aromatic carbocycles. The summed E-state index contributed by atoms with van der Waals surface area (Å²) in [5.41, 5.74) is 1.79. The fourth-order valence-electron chi connectivity index (χ4n) is 3.03. The van der Waals surface area contributed by atoms with Gasteiger partial charge >= 0.3 is 0 Å². The summed E-state index contributed by atoms with van der Waals surface area (Å²) in [7, 11) is 1.68. The van der Waals surface area contributed by atoms with Gasteiger partial charge in [0.2, 0.25) is 10.0 Å². The third-order valence-electron chi connectivity index (χ3n) is 4.31. The Morgan fingerprint density at radius 2 is 2.12 bits per heavy atom. The van der Waals surface area contributed by atoms with Gasteiger partial charge in [0, 0.05) is 39.7 Å². The van der Waals surface area contributed by atoms with Crippen LogP contribution in [0.1, 0.15) is 17.5 Å². The second-order valence-corrected chi connectivity index (χ2v) is 8.17. The molecule has 0 amide bonds. The lowest BCUT2D eigenvalue weighted by molar-refractivity contribution is 0.157. The molecule has 1 atom stereocenters. The molecule has 1 aliphatic heterocycles. The van der Waals surface area contributed by atoms with Gasteiger partial charge < -0.3 is 15.0 Å². The number of rotatable bonds is 7. The molecule has 148 valence electrons. The maximum Gasteiger partial charge on any atom is 0.215 e. The van der Waals surface area contributed by atoms with Gasteiger partial charge in [-0.1, -0.05) is 24.3 Å². The summed E-state index contributed by atoms with van der Waals surface area (Å²) in [6.45, 7) is 3.28. The molecular weight excluding hydrogens is 467 g/mol. The highest BCUT2D eigenvalue weighted by Crippen LogP contribution is 2.16. The van der Waals surface area contributed by atoms with E-state index in [0.717, 1.165) is 43.2 Å². The molecular formula is C17H29IN4O3S. The molecule has 1 saturated heterocycles. The molecule has 1 unspecified atom stereocenters. The van der Waals surface area contributed by atoms with Gasteiger partial charge in [-0.25, -0.2) is 13.1 Å². The van der Waals surface area contributed by atoms with Crippen LogP contribution in [-0.4, -0.2) is 60.2 Å². The SMILES string of the molecule is CN=C(NCc1cccc(CS(=O)(=O)NC)c1)N1CCC(COC)C1.I. The number of hydrogen-bond acceptors (Lipinski definition) is 4. The van der Waals surface area contributed by atoms with Crippen molar-refractivity contribution in [3.05, 3.63) is 35.4 Å². The second-order valence-electron chi connectivity index (χ2n) is 6.24. The molecule has 1 heterocycles. The Morgan fingerprint density at radius 3 is 2.77 bits per heavy atom. The van der Waals surface area contributed by atoms with E-state index in [0.29, 0.717) is 12.5 Å². The average Bonchev–Trinajstić information content (AvgIpc) is 3.04. The van der Waals surface area contributed by atoms with Gasteiger partial charge in [-0.15, -0.1) is 24.0 Å². The van der Waals surface area contributed by atoms with Crippen molar-refractivity contribution in [3.8, 4) is 0 Å². The first-order valence-corrected chi connectivity index (χ1v) is 10.1. The Bertz CT molecular complexity index is 697. The first-order chi connectivity index (χ1) is 12.0. The predicted molar refractivity (Wildman–Crippen MR) is 115 cm³/mol. The minimum absolute atomic E-state index is 0. The molecule has 0 saturated carbocycles. The Kier molecular flexibility index (Phi) is 9.83. The predicted octanol–water partition coefficient (Wildman–Crippen LogP) is 1.40. The molecule has 0 radical (unpaired) electrons. The summed E-state index contributed by atoms with van der Waals surface area (Å²) >= 11 is 0. The van der Waals surface area contributed by atoms with Crippen molar-refractivity contribution in [2.45, 2.75) is 18.7 Å². The monoisotopic (exact) mass is 496 g/mol. The highest BCUT2D eigenvalue weighted by molar-refractivity contribution is 14.0. The lowest BCUT2D eigenvalue weighted by Crippen LogP contribution is -2.39. The first-order valence-electron chi connectivity index (χ1n) is 8.41. The van der Waals surface area contributed by atoms with Crippen molar-refractivity contribution in [2.24, 2.45) is 10.9 Å². The number of guanidine groups is 1. The largest absolute Gasteiger partial charge is 0.384 e. The summed E-state index contributed by atoms with van der Waals surface area (Å²) in [5.74, 6) is 1.39. The highest BCUT2D eigenvalue weighted by Gasteiger charge is 2.24. The standard InChI is InChI=1S/C17H28N4O3S.HI/c1-18-17(21-8-7-16(11-21)12-24-3)20-10-14-5-4-6-15(9-14)13-25(22,23)19-2;/h4-6,9,16,19H,7-8,10-13H2,1-3H3,(H,18,20);1H. The second kappa shape index (κ2) is 11.1. The zero-order valence-corrected chi connectivity index (χ0v) is 18.7. The van der Waals surface area contributed by atoms with Crippen molar-refractivity contribution >= 4 is 40.0 Å². The van der Waals surface area contributed by atoms with E-state index < -0.39 is 10.0 Å². The molecule has 0 aromatic heterocycles. The van der Waals surface area contributed by atoms with E-state index in [1.807, 2.05) is 24.3 Å². The molecule has 7 nitrogen and oxygen atoms in total. The zero-order valence-electron chi connectivity index (χ0n) is 15.6. The quantitative estimate of drug-likeness (QED) is 0.339. The summed E-state index contributed by atoms with van der Waals surface area (Å²) < 4.78 is 31.0. The molecule has 2 N–H and O–H groups in total. The number of sulfonamides is 1. The zero-order chi connectivity index (χ0) is 18.3. The minimum atomic E-state index is -3.26. The lowest BCUT2D eigenvalue weighted by atomic mass is 10.1. The maximum absolute atomic E-state index is 11.7. The number of hydrogen-bond donors (Lipinski definition) is 2. The normalized spacial score (nSPS) is 17.9. The van der Waals surface area contributed by atoms with Gasteiger partial charge in [0.25, 0.3) is 0 Å². The van der Waals surface area contributed by atoms with Crippen LogP contribution in [0.3, 0.4) is 0 Å². The van der Waals surface area contributed by atoms with Crippen molar-refractivity contribution in [3.63, 3.8) is 0 Å². The Labute approximate surface area is 173 Å². The molecule has 1 aromatic rings. The number of nitrogens with zero attached hydrogens (tertiary/aromatic N) is 2. The maximum atomic E-state index is 11.7. The smallest absolute Gasteiger partial charge is 0.215 e. The minimum Gasteiger partial charge on any atom is -0.384 e. The van der Waals surface area contributed by atoms with E-state index in [4.69, 9.17) is 4.74 Å². The summed E-state index contributed by atoms with van der Waals surface area (Å²) in [5, 5.41) is 3.36. The number of ether oxygens (including phenoxy) is 1. The molecule has 2 rings (SSSR count). The van der Waals surface area contributed by atoms with E-state index in [2.05, 4.69) is 19.9 Å².